The summed E-state index contributed by atoms with van der Waals surface area (Å²) in [6.07, 6.45) is 2.07. The molecular weight excluding hydrogens is 166 g/mol. The van der Waals surface area contributed by atoms with E-state index in [9.17, 15) is 4.79 Å². The van der Waals surface area contributed by atoms with Crippen LogP contribution >= 0.6 is 0 Å². The molecule has 76 valence electrons. The maximum Gasteiger partial charge on any atom is 0.317 e. The fourth-order valence-electron chi connectivity index (χ4n) is 1.83. The van der Waals surface area contributed by atoms with Crippen LogP contribution in [-0.4, -0.2) is 36.1 Å². The van der Waals surface area contributed by atoms with Crippen LogP contribution in [0.15, 0.2) is 0 Å². The molecule has 1 fully saturated rings. The highest BCUT2D eigenvalue weighted by atomic mass is 16.2. The number of nitrogens with two attached hydrogens (primary N) is 1. The lowest BCUT2D eigenvalue weighted by Gasteiger charge is -2.33. The molecule has 0 aromatic rings. The molecule has 0 spiro atoms. The van der Waals surface area contributed by atoms with Gasteiger partial charge in [-0.25, -0.2) is 4.79 Å². The molecule has 0 aromatic heterocycles. The Balaban J connectivity index is 2.62. The lowest BCUT2D eigenvalue weighted by atomic mass is 10.00. The zero-order valence-corrected chi connectivity index (χ0v) is 8.47. The number of rotatable bonds is 2. The van der Waals surface area contributed by atoms with Gasteiger partial charge >= 0.3 is 6.03 Å². The summed E-state index contributed by atoms with van der Waals surface area (Å²) < 4.78 is 0. The van der Waals surface area contributed by atoms with Crippen molar-refractivity contribution in [3.05, 3.63) is 0 Å². The first-order valence-corrected chi connectivity index (χ1v) is 4.89. The predicted octanol–water partition coefficient (Wildman–Crippen LogP) is 0.529. The zero-order chi connectivity index (χ0) is 9.90. The topological polar surface area (TPSA) is 58.4 Å². The first-order valence-electron chi connectivity index (χ1n) is 4.89. The van der Waals surface area contributed by atoms with Crippen molar-refractivity contribution in [2.75, 3.05) is 19.6 Å². The summed E-state index contributed by atoms with van der Waals surface area (Å²) in [4.78, 5) is 13.4. The normalized spacial score (nSPS) is 27.8. The van der Waals surface area contributed by atoms with Crippen molar-refractivity contribution >= 4 is 6.03 Å². The summed E-state index contributed by atoms with van der Waals surface area (Å²) in [5, 5.41) is 2.81. The average Bonchev–Trinajstić information content (AvgIpc) is 2.49. The molecule has 1 atom stereocenters. The fraction of sp³-hybridized carbons (Fsp3) is 0.889. The molecule has 4 nitrogen and oxygen atoms in total. The second kappa shape index (κ2) is 3.96. The van der Waals surface area contributed by atoms with Crippen molar-refractivity contribution in [3.63, 3.8) is 0 Å². The van der Waals surface area contributed by atoms with Crippen molar-refractivity contribution in [1.82, 2.24) is 10.2 Å². The van der Waals surface area contributed by atoms with E-state index in [0.717, 1.165) is 19.4 Å². The molecule has 1 rings (SSSR count). The third-order valence-electron chi connectivity index (χ3n) is 2.76. The number of nitrogens with one attached hydrogen (secondary N) is 1. The average molecular weight is 185 g/mol. The lowest BCUT2D eigenvalue weighted by Crippen LogP contribution is -2.53. The Morgan fingerprint density at radius 1 is 1.69 bits per heavy atom. The van der Waals surface area contributed by atoms with Gasteiger partial charge in [-0.2, -0.15) is 0 Å². The number of hydrogen-bond acceptors (Lipinski definition) is 2. The van der Waals surface area contributed by atoms with Gasteiger partial charge in [0.2, 0.25) is 0 Å². The first-order chi connectivity index (χ1) is 6.14. The van der Waals surface area contributed by atoms with Crippen molar-refractivity contribution in [3.8, 4) is 0 Å². The molecular formula is C9H19N3O. The molecule has 3 N–H and O–H groups in total. The molecule has 4 heteroatoms. The minimum Gasteiger partial charge on any atom is -0.338 e. The van der Waals surface area contributed by atoms with Crippen LogP contribution in [0.1, 0.15) is 26.7 Å². The van der Waals surface area contributed by atoms with Crippen LogP contribution in [0.5, 0.6) is 0 Å². The van der Waals surface area contributed by atoms with Gasteiger partial charge in [-0.3, -0.25) is 0 Å². The Bertz CT molecular complexity index is 195. The van der Waals surface area contributed by atoms with Gasteiger partial charge in [-0.05, 0) is 26.7 Å². The Kier molecular flexibility index (Phi) is 3.14. The maximum atomic E-state index is 11.6. The largest absolute Gasteiger partial charge is 0.338 e. The summed E-state index contributed by atoms with van der Waals surface area (Å²) in [7, 11) is 0. The molecule has 0 aliphatic carbocycles. The van der Waals surface area contributed by atoms with E-state index in [4.69, 9.17) is 5.73 Å². The van der Waals surface area contributed by atoms with Crippen molar-refractivity contribution in [2.24, 2.45) is 5.73 Å². The van der Waals surface area contributed by atoms with Crippen molar-refractivity contribution < 1.29 is 4.79 Å². The number of carbonyl (C=O) groups excluding carboxylic acids is 1. The van der Waals surface area contributed by atoms with Crippen molar-refractivity contribution in [1.29, 1.82) is 0 Å². The summed E-state index contributed by atoms with van der Waals surface area (Å²) in [5.41, 5.74) is 5.55. The molecule has 1 aliphatic rings. The molecule has 1 heterocycles. The molecule has 13 heavy (non-hydrogen) atoms. The van der Waals surface area contributed by atoms with Gasteiger partial charge in [0.15, 0.2) is 0 Å². The highest BCUT2D eigenvalue weighted by Crippen LogP contribution is 2.27. The van der Waals surface area contributed by atoms with Crippen LogP contribution in [0.25, 0.3) is 0 Å². The third-order valence-corrected chi connectivity index (χ3v) is 2.76. The van der Waals surface area contributed by atoms with Crippen molar-refractivity contribution in [2.45, 2.75) is 32.2 Å². The molecule has 0 aromatic carbocycles. The summed E-state index contributed by atoms with van der Waals surface area (Å²) >= 11 is 0. The SMILES string of the molecule is CCNC(=O)N1CCCC1(C)CN. The predicted molar refractivity (Wildman–Crippen MR) is 52.5 cm³/mol. The van der Waals surface area contributed by atoms with Crippen LogP contribution in [0.2, 0.25) is 0 Å². The molecule has 1 unspecified atom stereocenters. The number of amides is 2. The summed E-state index contributed by atoms with van der Waals surface area (Å²) in [6.45, 7) is 6.03. The van der Waals surface area contributed by atoms with E-state index in [1.807, 2.05) is 11.8 Å². The Labute approximate surface area is 79.5 Å². The van der Waals surface area contributed by atoms with E-state index in [-0.39, 0.29) is 11.6 Å². The van der Waals surface area contributed by atoms with Gasteiger partial charge in [0.25, 0.3) is 0 Å². The Hall–Kier alpha value is -0.770. The number of likely N-dealkylation sites (tertiary alicyclic amines) is 1. The summed E-state index contributed by atoms with van der Waals surface area (Å²) in [6, 6.07) is 0.0213. The van der Waals surface area contributed by atoms with Crippen LogP contribution in [0, 0.1) is 0 Å². The van der Waals surface area contributed by atoms with E-state index in [1.165, 1.54) is 0 Å². The zero-order valence-electron chi connectivity index (χ0n) is 8.47. The second-order valence-corrected chi connectivity index (χ2v) is 3.79. The quantitative estimate of drug-likeness (QED) is 0.659. The van der Waals surface area contributed by atoms with E-state index < -0.39 is 0 Å². The summed E-state index contributed by atoms with van der Waals surface area (Å²) in [5.74, 6) is 0. The van der Waals surface area contributed by atoms with Gasteiger partial charge < -0.3 is 16.0 Å². The molecule has 0 saturated carbocycles. The minimum absolute atomic E-state index is 0.0213. The molecule has 2 amide bonds. The van der Waals surface area contributed by atoms with Crippen LogP contribution in [0.3, 0.4) is 0 Å². The van der Waals surface area contributed by atoms with Crippen LogP contribution in [-0.2, 0) is 0 Å². The third kappa shape index (κ3) is 1.94. The molecule has 1 saturated heterocycles. The highest BCUT2D eigenvalue weighted by Gasteiger charge is 2.38. The number of nitrogens with zero attached hydrogens (tertiary/aromatic N) is 1. The molecule has 0 bridgehead atoms. The first kappa shape index (κ1) is 10.3. The van der Waals surface area contributed by atoms with E-state index in [1.54, 1.807) is 0 Å². The van der Waals surface area contributed by atoms with E-state index in [0.29, 0.717) is 13.1 Å². The second-order valence-electron chi connectivity index (χ2n) is 3.79. The smallest absolute Gasteiger partial charge is 0.317 e. The van der Waals surface area contributed by atoms with Crippen LogP contribution < -0.4 is 11.1 Å². The standard InChI is InChI=1S/C9H19N3O/c1-3-11-8(13)12-6-4-5-9(12,2)7-10/h3-7,10H2,1-2H3,(H,11,13). The monoisotopic (exact) mass is 185 g/mol. The van der Waals surface area contributed by atoms with Gasteiger partial charge in [0.1, 0.15) is 0 Å². The Morgan fingerprint density at radius 3 is 2.92 bits per heavy atom. The van der Waals surface area contributed by atoms with Crippen LogP contribution in [0.4, 0.5) is 4.79 Å². The molecule has 0 radical (unpaired) electrons. The van der Waals surface area contributed by atoms with Gasteiger partial charge in [-0.15, -0.1) is 0 Å². The van der Waals surface area contributed by atoms with E-state index >= 15 is 0 Å². The Morgan fingerprint density at radius 2 is 2.38 bits per heavy atom. The van der Waals surface area contributed by atoms with Gasteiger partial charge in [0, 0.05) is 19.6 Å². The number of carbonyl (C=O) groups is 1. The fourth-order valence-corrected chi connectivity index (χ4v) is 1.83. The lowest BCUT2D eigenvalue weighted by molar-refractivity contribution is 0.160. The van der Waals surface area contributed by atoms with Gasteiger partial charge in [-0.1, -0.05) is 0 Å². The minimum atomic E-state index is -0.126. The van der Waals surface area contributed by atoms with Gasteiger partial charge in [0.05, 0.1) is 5.54 Å². The van der Waals surface area contributed by atoms with E-state index in [2.05, 4.69) is 12.2 Å². The highest BCUT2D eigenvalue weighted by molar-refractivity contribution is 5.75. The maximum absolute atomic E-state index is 11.6. The number of urea groups is 1. The molecule has 1 aliphatic heterocycles. The number of hydrogen-bond donors (Lipinski definition) is 2.